The molecule has 0 aromatic heterocycles. The van der Waals surface area contributed by atoms with Crippen molar-refractivity contribution >= 4 is 0 Å². The second-order valence-electron chi connectivity index (χ2n) is 4.20. The van der Waals surface area contributed by atoms with Gasteiger partial charge in [-0.1, -0.05) is 6.42 Å². The molecule has 0 spiro atoms. The molecular formula is C10H20N2. The highest BCUT2D eigenvalue weighted by atomic mass is 15.2. The van der Waals surface area contributed by atoms with Crippen molar-refractivity contribution in [1.82, 2.24) is 10.2 Å². The average Bonchev–Trinajstić information content (AvgIpc) is 2.53. The number of hydrogen-bond acceptors (Lipinski definition) is 2. The van der Waals surface area contributed by atoms with Gasteiger partial charge < -0.3 is 5.32 Å². The first kappa shape index (κ1) is 8.52. The lowest BCUT2D eigenvalue weighted by atomic mass is 10.0. The van der Waals surface area contributed by atoms with Gasteiger partial charge in [0.25, 0.3) is 0 Å². The zero-order valence-electron chi connectivity index (χ0n) is 8.05. The third-order valence-corrected chi connectivity index (χ3v) is 3.34. The van der Waals surface area contributed by atoms with Gasteiger partial charge in [0, 0.05) is 12.1 Å². The predicted octanol–water partition coefficient (Wildman–Crippen LogP) is 1.22. The quantitative estimate of drug-likeness (QED) is 0.633. The van der Waals surface area contributed by atoms with Gasteiger partial charge in [-0.3, -0.25) is 4.90 Å². The average molecular weight is 168 g/mol. The normalized spacial score (nSPS) is 38.8. The lowest BCUT2D eigenvalue weighted by Crippen LogP contribution is -2.44. The summed E-state index contributed by atoms with van der Waals surface area (Å²) in [6.45, 7) is 6.24. The number of rotatable bonds is 1. The van der Waals surface area contributed by atoms with Gasteiger partial charge in [0.05, 0.1) is 0 Å². The Kier molecular flexibility index (Phi) is 2.66. The standard InChI is InChI=1S/C10H20N2/c1-9-10(5-6-11-9)12-7-3-2-4-8-12/h9-11H,2-8H2,1H3/t9-,10+/m1/s1. The molecule has 2 atom stereocenters. The maximum Gasteiger partial charge on any atom is 0.0258 e. The molecule has 70 valence electrons. The fourth-order valence-corrected chi connectivity index (χ4v) is 2.59. The van der Waals surface area contributed by atoms with Crippen LogP contribution in [0.3, 0.4) is 0 Å². The first-order chi connectivity index (χ1) is 5.88. The monoisotopic (exact) mass is 168 g/mol. The van der Waals surface area contributed by atoms with Gasteiger partial charge in [0.2, 0.25) is 0 Å². The van der Waals surface area contributed by atoms with Gasteiger partial charge in [-0.2, -0.15) is 0 Å². The first-order valence-electron chi connectivity index (χ1n) is 5.35. The van der Waals surface area contributed by atoms with E-state index in [1.807, 2.05) is 0 Å². The van der Waals surface area contributed by atoms with Crippen molar-refractivity contribution in [1.29, 1.82) is 0 Å². The van der Waals surface area contributed by atoms with Crippen LogP contribution in [0, 0.1) is 0 Å². The third-order valence-electron chi connectivity index (χ3n) is 3.34. The maximum atomic E-state index is 3.53. The Hall–Kier alpha value is -0.0800. The van der Waals surface area contributed by atoms with Crippen molar-refractivity contribution in [2.45, 2.75) is 44.7 Å². The Labute approximate surface area is 75.3 Å². The third kappa shape index (κ3) is 1.64. The van der Waals surface area contributed by atoms with E-state index in [0.29, 0.717) is 0 Å². The summed E-state index contributed by atoms with van der Waals surface area (Å²) in [5.74, 6) is 0. The van der Waals surface area contributed by atoms with Gasteiger partial charge >= 0.3 is 0 Å². The van der Waals surface area contributed by atoms with Crippen LogP contribution in [0.2, 0.25) is 0 Å². The number of nitrogens with zero attached hydrogens (tertiary/aromatic N) is 1. The lowest BCUT2D eigenvalue weighted by molar-refractivity contribution is 0.155. The van der Waals surface area contributed by atoms with E-state index in [2.05, 4.69) is 17.1 Å². The Balaban J connectivity index is 1.89. The summed E-state index contributed by atoms with van der Waals surface area (Å²) in [6.07, 6.45) is 5.65. The molecule has 0 aliphatic carbocycles. The first-order valence-corrected chi connectivity index (χ1v) is 5.35. The van der Waals surface area contributed by atoms with Crippen molar-refractivity contribution in [2.24, 2.45) is 0 Å². The minimum atomic E-state index is 0.725. The Morgan fingerprint density at radius 2 is 1.92 bits per heavy atom. The van der Waals surface area contributed by atoms with Crippen molar-refractivity contribution in [3.63, 3.8) is 0 Å². The van der Waals surface area contributed by atoms with Crippen molar-refractivity contribution in [3.8, 4) is 0 Å². The van der Waals surface area contributed by atoms with Crippen LogP contribution in [0.5, 0.6) is 0 Å². The van der Waals surface area contributed by atoms with Crippen LogP contribution in [-0.4, -0.2) is 36.6 Å². The van der Waals surface area contributed by atoms with E-state index in [9.17, 15) is 0 Å². The highest BCUT2D eigenvalue weighted by Gasteiger charge is 2.28. The summed E-state index contributed by atoms with van der Waals surface area (Å²) in [5, 5.41) is 3.53. The zero-order valence-corrected chi connectivity index (χ0v) is 8.05. The van der Waals surface area contributed by atoms with E-state index in [4.69, 9.17) is 0 Å². The summed E-state index contributed by atoms with van der Waals surface area (Å²) >= 11 is 0. The molecule has 2 rings (SSSR count). The predicted molar refractivity (Wildman–Crippen MR) is 51.3 cm³/mol. The molecule has 2 heterocycles. The summed E-state index contributed by atoms with van der Waals surface area (Å²) in [4.78, 5) is 2.69. The molecular weight excluding hydrogens is 148 g/mol. The van der Waals surface area contributed by atoms with Gasteiger partial charge in [-0.25, -0.2) is 0 Å². The Morgan fingerprint density at radius 1 is 1.17 bits per heavy atom. The van der Waals surface area contributed by atoms with Crippen LogP contribution < -0.4 is 5.32 Å². The smallest absolute Gasteiger partial charge is 0.0258 e. The topological polar surface area (TPSA) is 15.3 Å². The highest BCUT2D eigenvalue weighted by Crippen LogP contribution is 2.19. The molecule has 0 radical (unpaired) electrons. The summed E-state index contributed by atoms with van der Waals surface area (Å²) in [6, 6.07) is 1.56. The van der Waals surface area contributed by atoms with E-state index < -0.39 is 0 Å². The molecule has 0 aromatic rings. The SMILES string of the molecule is C[C@H]1NCC[C@@H]1N1CCCCC1. The van der Waals surface area contributed by atoms with E-state index >= 15 is 0 Å². The van der Waals surface area contributed by atoms with Crippen molar-refractivity contribution < 1.29 is 0 Å². The van der Waals surface area contributed by atoms with Crippen LogP contribution in [-0.2, 0) is 0 Å². The summed E-state index contributed by atoms with van der Waals surface area (Å²) < 4.78 is 0. The molecule has 2 aliphatic heterocycles. The van der Waals surface area contributed by atoms with E-state index in [-0.39, 0.29) is 0 Å². The van der Waals surface area contributed by atoms with E-state index in [1.54, 1.807) is 0 Å². The number of piperidine rings is 1. The molecule has 0 bridgehead atoms. The largest absolute Gasteiger partial charge is 0.313 e. The van der Waals surface area contributed by atoms with Crippen LogP contribution in [0.1, 0.15) is 32.6 Å². The molecule has 2 fully saturated rings. The fraction of sp³-hybridized carbons (Fsp3) is 1.00. The molecule has 2 nitrogen and oxygen atoms in total. The highest BCUT2D eigenvalue weighted by molar-refractivity contribution is 4.88. The molecule has 2 heteroatoms. The second-order valence-corrected chi connectivity index (χ2v) is 4.20. The maximum absolute atomic E-state index is 3.53. The molecule has 2 saturated heterocycles. The zero-order chi connectivity index (χ0) is 8.39. The summed E-state index contributed by atoms with van der Waals surface area (Å²) in [5.41, 5.74) is 0. The minimum absolute atomic E-state index is 0.725. The summed E-state index contributed by atoms with van der Waals surface area (Å²) in [7, 11) is 0. The lowest BCUT2D eigenvalue weighted by Gasteiger charge is -2.34. The van der Waals surface area contributed by atoms with Crippen LogP contribution in [0.4, 0.5) is 0 Å². The molecule has 1 N–H and O–H groups in total. The molecule has 0 unspecified atom stereocenters. The van der Waals surface area contributed by atoms with E-state index in [0.717, 1.165) is 12.1 Å². The Bertz CT molecular complexity index is 141. The molecule has 0 aromatic carbocycles. The minimum Gasteiger partial charge on any atom is -0.313 e. The molecule has 12 heavy (non-hydrogen) atoms. The number of hydrogen-bond donors (Lipinski definition) is 1. The van der Waals surface area contributed by atoms with Gasteiger partial charge in [-0.05, 0) is 45.8 Å². The van der Waals surface area contributed by atoms with Gasteiger partial charge in [0.1, 0.15) is 0 Å². The second kappa shape index (κ2) is 3.75. The molecule has 0 amide bonds. The fourth-order valence-electron chi connectivity index (χ4n) is 2.59. The van der Waals surface area contributed by atoms with Crippen molar-refractivity contribution in [2.75, 3.05) is 19.6 Å². The van der Waals surface area contributed by atoms with Gasteiger partial charge in [0.15, 0.2) is 0 Å². The van der Waals surface area contributed by atoms with Crippen LogP contribution >= 0.6 is 0 Å². The Morgan fingerprint density at radius 3 is 2.50 bits per heavy atom. The number of likely N-dealkylation sites (tertiary alicyclic amines) is 1. The van der Waals surface area contributed by atoms with E-state index in [1.165, 1.54) is 45.3 Å². The van der Waals surface area contributed by atoms with Crippen molar-refractivity contribution in [3.05, 3.63) is 0 Å². The van der Waals surface area contributed by atoms with Crippen LogP contribution in [0.25, 0.3) is 0 Å². The number of nitrogens with one attached hydrogen (secondary N) is 1. The molecule has 2 aliphatic rings. The van der Waals surface area contributed by atoms with Crippen LogP contribution in [0.15, 0.2) is 0 Å². The van der Waals surface area contributed by atoms with Gasteiger partial charge in [-0.15, -0.1) is 0 Å². The molecule has 0 saturated carbocycles.